The molecule has 0 aliphatic rings. The number of rotatable bonds is 4. The summed E-state index contributed by atoms with van der Waals surface area (Å²) in [6.07, 6.45) is 0. The van der Waals surface area contributed by atoms with Crippen LogP contribution >= 0.6 is 0 Å². The molecule has 19 heavy (non-hydrogen) atoms. The summed E-state index contributed by atoms with van der Waals surface area (Å²) in [6, 6.07) is -0.661. The number of ether oxygens (including phenoxy) is 1. The molecule has 5 heteroatoms. The van der Waals surface area contributed by atoms with E-state index in [2.05, 4.69) is 5.32 Å². The van der Waals surface area contributed by atoms with Gasteiger partial charge < -0.3 is 14.5 Å². The molecule has 1 N–H and O–H groups in total. The van der Waals surface area contributed by atoms with Crippen LogP contribution in [0.4, 0.5) is 0 Å². The molecule has 0 fully saturated rings. The smallest absolute Gasteiger partial charge is 0.328 e. The Morgan fingerprint density at radius 1 is 1.16 bits per heavy atom. The number of amides is 1. The normalized spacial score (nSPS) is 12.4. The van der Waals surface area contributed by atoms with E-state index in [0.29, 0.717) is 17.1 Å². The highest BCUT2D eigenvalue weighted by Crippen LogP contribution is 2.21. The van der Waals surface area contributed by atoms with Crippen LogP contribution in [0.25, 0.3) is 0 Å². The first-order valence-corrected chi connectivity index (χ1v) is 6.24. The quantitative estimate of drug-likeness (QED) is 0.848. The molecule has 5 nitrogen and oxygen atoms in total. The summed E-state index contributed by atoms with van der Waals surface area (Å²) in [5.41, 5.74) is 1.29. The molecule has 1 heterocycles. The maximum absolute atomic E-state index is 12.3. The van der Waals surface area contributed by atoms with Crippen LogP contribution < -0.4 is 5.32 Å². The van der Waals surface area contributed by atoms with E-state index in [0.717, 1.165) is 5.56 Å². The molecule has 1 unspecified atom stereocenters. The van der Waals surface area contributed by atoms with Crippen LogP contribution in [0.2, 0.25) is 0 Å². The molecule has 0 radical (unpaired) electrons. The lowest BCUT2D eigenvalue weighted by molar-refractivity contribution is -0.144. The molecule has 0 aliphatic carbocycles. The maximum Gasteiger partial charge on any atom is 0.328 e. The first-order chi connectivity index (χ1) is 8.79. The third-order valence-electron chi connectivity index (χ3n) is 3.20. The van der Waals surface area contributed by atoms with Gasteiger partial charge in [0.25, 0.3) is 5.91 Å². The van der Waals surface area contributed by atoms with E-state index in [-0.39, 0.29) is 11.8 Å². The molecule has 1 amide bonds. The molecule has 0 aliphatic heterocycles. The van der Waals surface area contributed by atoms with Gasteiger partial charge in [0, 0.05) is 5.56 Å². The van der Waals surface area contributed by atoms with Crippen molar-refractivity contribution in [1.29, 1.82) is 0 Å². The zero-order valence-corrected chi connectivity index (χ0v) is 12.3. The van der Waals surface area contributed by atoms with Gasteiger partial charge in [0.05, 0.1) is 12.7 Å². The second-order valence-electron chi connectivity index (χ2n) is 4.93. The summed E-state index contributed by atoms with van der Waals surface area (Å²) in [4.78, 5) is 23.9. The van der Waals surface area contributed by atoms with E-state index >= 15 is 0 Å². The minimum Gasteiger partial charge on any atom is -0.467 e. The summed E-state index contributed by atoms with van der Waals surface area (Å²) in [5.74, 6) is 0.460. The fraction of sp³-hybridized carbons (Fsp3) is 0.571. The van der Waals surface area contributed by atoms with Crippen molar-refractivity contribution in [2.75, 3.05) is 7.11 Å². The van der Waals surface area contributed by atoms with Gasteiger partial charge in [-0.25, -0.2) is 4.79 Å². The Bertz CT molecular complexity index is 488. The first-order valence-electron chi connectivity index (χ1n) is 6.24. The minimum absolute atomic E-state index is 0.0509. The van der Waals surface area contributed by atoms with Crippen molar-refractivity contribution in [3.8, 4) is 0 Å². The van der Waals surface area contributed by atoms with Crippen LogP contribution in [-0.2, 0) is 9.53 Å². The molecule has 106 valence electrons. The van der Waals surface area contributed by atoms with Gasteiger partial charge in [-0.2, -0.15) is 0 Å². The van der Waals surface area contributed by atoms with E-state index in [1.165, 1.54) is 7.11 Å². The largest absolute Gasteiger partial charge is 0.467 e. The van der Waals surface area contributed by atoms with Crippen molar-refractivity contribution in [3.63, 3.8) is 0 Å². The number of aryl methyl sites for hydroxylation is 2. The van der Waals surface area contributed by atoms with E-state index in [9.17, 15) is 9.59 Å². The second kappa shape index (κ2) is 5.91. The molecule has 1 atom stereocenters. The van der Waals surface area contributed by atoms with Gasteiger partial charge in [0.15, 0.2) is 0 Å². The van der Waals surface area contributed by atoms with Gasteiger partial charge in [0.1, 0.15) is 17.6 Å². The lowest BCUT2D eigenvalue weighted by atomic mass is 10.0. The zero-order valence-electron chi connectivity index (χ0n) is 12.3. The fourth-order valence-corrected chi connectivity index (χ4v) is 1.97. The molecule has 0 spiro atoms. The number of carbonyl (C=O) groups excluding carboxylic acids is 2. The molecular formula is C14H21NO4. The second-order valence-corrected chi connectivity index (χ2v) is 4.93. The van der Waals surface area contributed by atoms with Gasteiger partial charge in [-0.3, -0.25) is 4.79 Å². The van der Waals surface area contributed by atoms with Crippen LogP contribution in [0.3, 0.4) is 0 Å². The van der Waals surface area contributed by atoms with Crippen molar-refractivity contribution in [3.05, 3.63) is 22.6 Å². The highest BCUT2D eigenvalue weighted by molar-refractivity contribution is 5.99. The summed E-state index contributed by atoms with van der Waals surface area (Å²) in [7, 11) is 1.31. The molecule has 0 saturated carbocycles. The summed E-state index contributed by atoms with van der Waals surface area (Å²) >= 11 is 0. The first kappa shape index (κ1) is 15.3. The van der Waals surface area contributed by atoms with Crippen molar-refractivity contribution in [2.45, 2.75) is 40.7 Å². The van der Waals surface area contributed by atoms with Gasteiger partial charge >= 0.3 is 5.97 Å². The molecule has 0 saturated heterocycles. The third-order valence-corrected chi connectivity index (χ3v) is 3.20. The standard InChI is InChI=1S/C14H21NO4/c1-7(2)12(14(17)18-6)15-13(16)11-8(3)9(4)19-10(11)5/h7,12H,1-6H3,(H,15,16). The predicted molar refractivity (Wildman–Crippen MR) is 71.0 cm³/mol. The lowest BCUT2D eigenvalue weighted by Gasteiger charge is -2.19. The van der Waals surface area contributed by atoms with Crippen molar-refractivity contribution in [2.24, 2.45) is 5.92 Å². The van der Waals surface area contributed by atoms with Crippen LogP contribution in [0.15, 0.2) is 4.42 Å². The van der Waals surface area contributed by atoms with Crippen molar-refractivity contribution >= 4 is 11.9 Å². The van der Waals surface area contributed by atoms with Gasteiger partial charge in [0.2, 0.25) is 0 Å². The molecule has 1 rings (SSSR count). The maximum atomic E-state index is 12.3. The van der Waals surface area contributed by atoms with Crippen LogP contribution in [0.1, 0.15) is 41.3 Å². The Hall–Kier alpha value is -1.78. The Kier molecular flexibility index (Phi) is 4.75. The average molecular weight is 267 g/mol. The number of nitrogens with one attached hydrogen (secondary N) is 1. The Balaban J connectivity index is 2.97. The zero-order chi connectivity index (χ0) is 14.7. The van der Waals surface area contributed by atoms with Gasteiger partial charge in [-0.05, 0) is 26.7 Å². The average Bonchev–Trinajstić information content (AvgIpc) is 2.58. The van der Waals surface area contributed by atoms with E-state index in [4.69, 9.17) is 9.15 Å². The van der Waals surface area contributed by atoms with Gasteiger partial charge in [-0.1, -0.05) is 13.8 Å². The number of esters is 1. The van der Waals surface area contributed by atoms with Gasteiger partial charge in [-0.15, -0.1) is 0 Å². The van der Waals surface area contributed by atoms with Crippen LogP contribution in [0.5, 0.6) is 0 Å². The SMILES string of the molecule is COC(=O)C(NC(=O)c1c(C)oc(C)c1C)C(C)C. The van der Waals surface area contributed by atoms with Crippen molar-refractivity contribution in [1.82, 2.24) is 5.32 Å². The number of hydrogen-bond donors (Lipinski definition) is 1. The fourth-order valence-electron chi connectivity index (χ4n) is 1.97. The number of hydrogen-bond acceptors (Lipinski definition) is 4. The molecule has 1 aromatic rings. The predicted octanol–water partition coefficient (Wildman–Crippen LogP) is 2.13. The summed E-state index contributed by atoms with van der Waals surface area (Å²) in [5, 5.41) is 2.70. The van der Waals surface area contributed by atoms with Crippen LogP contribution in [0, 0.1) is 26.7 Å². The Labute approximate surface area is 113 Å². The molecule has 0 aromatic carbocycles. The monoisotopic (exact) mass is 267 g/mol. The Morgan fingerprint density at radius 2 is 1.74 bits per heavy atom. The van der Waals surface area contributed by atoms with E-state index in [1.807, 2.05) is 20.8 Å². The number of methoxy groups -OCH3 is 1. The lowest BCUT2D eigenvalue weighted by Crippen LogP contribution is -2.45. The number of furan rings is 1. The molecule has 1 aromatic heterocycles. The van der Waals surface area contributed by atoms with Crippen LogP contribution in [-0.4, -0.2) is 25.0 Å². The molecular weight excluding hydrogens is 246 g/mol. The number of carbonyl (C=O) groups is 2. The topological polar surface area (TPSA) is 68.5 Å². The van der Waals surface area contributed by atoms with E-state index < -0.39 is 12.0 Å². The third kappa shape index (κ3) is 3.16. The van der Waals surface area contributed by atoms with E-state index in [1.54, 1.807) is 13.8 Å². The van der Waals surface area contributed by atoms with Crippen molar-refractivity contribution < 1.29 is 18.7 Å². The Morgan fingerprint density at radius 3 is 2.11 bits per heavy atom. The summed E-state index contributed by atoms with van der Waals surface area (Å²) < 4.78 is 10.1. The highest BCUT2D eigenvalue weighted by Gasteiger charge is 2.27. The summed E-state index contributed by atoms with van der Waals surface area (Å²) in [6.45, 7) is 9.06. The minimum atomic E-state index is -0.661. The highest BCUT2D eigenvalue weighted by atomic mass is 16.5. The molecule has 0 bridgehead atoms.